The lowest BCUT2D eigenvalue weighted by molar-refractivity contribution is 0.432. The van der Waals surface area contributed by atoms with Crippen LogP contribution in [0.5, 0.6) is 0 Å². The van der Waals surface area contributed by atoms with Gasteiger partial charge in [-0.3, -0.25) is 4.98 Å². The normalized spacial score (nSPS) is 13.7. The van der Waals surface area contributed by atoms with Gasteiger partial charge in [0.2, 0.25) is 0 Å². The van der Waals surface area contributed by atoms with Crippen molar-refractivity contribution in [1.82, 2.24) is 20.6 Å². The maximum Gasteiger partial charge on any atom is 0.0935 e. The summed E-state index contributed by atoms with van der Waals surface area (Å²) in [5.41, 5.74) is 4.65. The van der Waals surface area contributed by atoms with Crippen molar-refractivity contribution in [1.29, 1.82) is 0 Å². The Hall–Kier alpha value is -1.20. The quantitative estimate of drug-likeness (QED) is 0.744. The van der Waals surface area contributed by atoms with Crippen LogP contribution in [0.3, 0.4) is 0 Å². The average Bonchev–Trinajstić information content (AvgIpc) is 2.61. The van der Waals surface area contributed by atoms with Crippen LogP contribution in [0.4, 0.5) is 0 Å². The number of hydrogen-bond acceptors (Lipinski definition) is 4. The molecule has 2 atom stereocenters. The molecule has 0 fully saturated rings. The molecule has 2 aromatic rings. The van der Waals surface area contributed by atoms with Gasteiger partial charge in [0.15, 0.2) is 0 Å². The van der Waals surface area contributed by atoms with Gasteiger partial charge in [0.25, 0.3) is 0 Å². The van der Waals surface area contributed by atoms with Crippen LogP contribution in [0.25, 0.3) is 11.3 Å². The first-order valence-corrected chi connectivity index (χ1v) is 9.41. The minimum atomic E-state index is 0.0903. The molecule has 0 amide bonds. The third kappa shape index (κ3) is 4.32. The molecule has 6 heteroatoms. The number of halogens is 2. The molecule has 0 radical (unpaired) electrons. The summed E-state index contributed by atoms with van der Waals surface area (Å²) in [6.07, 6.45) is 1.59. The Kier molecular flexibility index (Phi) is 7.20. The van der Waals surface area contributed by atoms with E-state index in [2.05, 4.69) is 31.4 Å². The van der Waals surface area contributed by atoms with Crippen molar-refractivity contribution in [2.75, 3.05) is 14.1 Å². The third-order valence-electron chi connectivity index (χ3n) is 4.49. The van der Waals surface area contributed by atoms with E-state index >= 15 is 0 Å². The van der Waals surface area contributed by atoms with E-state index in [0.717, 1.165) is 41.2 Å². The number of aromatic nitrogens is 2. The summed E-state index contributed by atoms with van der Waals surface area (Å²) in [4.78, 5) is 9.94. The number of benzene rings is 1. The van der Waals surface area contributed by atoms with Crippen LogP contribution in [-0.2, 0) is 12.8 Å². The van der Waals surface area contributed by atoms with Gasteiger partial charge in [0.05, 0.1) is 33.8 Å². The summed E-state index contributed by atoms with van der Waals surface area (Å²) in [5.74, 6) is 0. The summed E-state index contributed by atoms with van der Waals surface area (Å²) in [6, 6.07) is 5.83. The molecule has 0 aliphatic carbocycles. The Bertz CT molecular complexity index is 734. The molecular weight excluding hydrogens is 355 g/mol. The summed E-state index contributed by atoms with van der Waals surface area (Å²) in [6.45, 7) is 6.32. The van der Waals surface area contributed by atoms with Gasteiger partial charge in [-0.1, -0.05) is 37.0 Å². The molecule has 0 bridgehead atoms. The number of hydrogen-bond donors (Lipinski definition) is 2. The largest absolute Gasteiger partial charge is 0.315 e. The molecule has 2 unspecified atom stereocenters. The molecule has 1 aromatic heterocycles. The topological polar surface area (TPSA) is 49.8 Å². The minimum absolute atomic E-state index is 0.0903. The molecule has 4 nitrogen and oxygen atoms in total. The maximum atomic E-state index is 6.42. The Labute approximate surface area is 160 Å². The highest BCUT2D eigenvalue weighted by atomic mass is 35.5. The molecule has 0 spiro atoms. The maximum absolute atomic E-state index is 6.42. The van der Waals surface area contributed by atoms with Crippen molar-refractivity contribution in [3.63, 3.8) is 0 Å². The van der Waals surface area contributed by atoms with Crippen LogP contribution in [0.1, 0.15) is 43.9 Å². The second kappa shape index (κ2) is 8.95. The number of nitrogens with one attached hydrogen (secondary N) is 2. The predicted octanol–water partition coefficient (Wildman–Crippen LogP) is 4.44. The molecule has 136 valence electrons. The van der Waals surface area contributed by atoms with Crippen molar-refractivity contribution in [2.24, 2.45) is 0 Å². The first-order valence-electron chi connectivity index (χ1n) is 8.66. The zero-order valence-corrected chi connectivity index (χ0v) is 17.0. The van der Waals surface area contributed by atoms with Gasteiger partial charge in [-0.05, 0) is 52.1 Å². The van der Waals surface area contributed by atoms with Gasteiger partial charge in [0, 0.05) is 16.6 Å². The van der Waals surface area contributed by atoms with E-state index in [0.29, 0.717) is 10.0 Å². The van der Waals surface area contributed by atoms with E-state index < -0.39 is 0 Å². The molecule has 2 N–H and O–H groups in total. The molecule has 0 saturated heterocycles. The summed E-state index contributed by atoms with van der Waals surface area (Å²) in [5, 5.41) is 7.88. The van der Waals surface area contributed by atoms with E-state index in [1.165, 1.54) is 0 Å². The Morgan fingerprint density at radius 2 is 1.68 bits per heavy atom. The number of nitrogens with zero attached hydrogens (tertiary/aromatic N) is 2. The van der Waals surface area contributed by atoms with Gasteiger partial charge in [-0.25, -0.2) is 4.98 Å². The molecule has 1 heterocycles. The Morgan fingerprint density at radius 1 is 1.00 bits per heavy atom. The lowest BCUT2D eigenvalue weighted by Gasteiger charge is -2.25. The van der Waals surface area contributed by atoms with Gasteiger partial charge in [-0.2, -0.15) is 0 Å². The average molecular weight is 381 g/mol. The summed E-state index contributed by atoms with van der Waals surface area (Å²) >= 11 is 12.5. The van der Waals surface area contributed by atoms with Gasteiger partial charge in [-0.15, -0.1) is 0 Å². The Morgan fingerprint density at radius 3 is 2.20 bits per heavy atom. The summed E-state index contributed by atoms with van der Waals surface area (Å²) in [7, 11) is 3.91. The molecule has 25 heavy (non-hydrogen) atoms. The van der Waals surface area contributed by atoms with Gasteiger partial charge < -0.3 is 10.6 Å². The lowest BCUT2D eigenvalue weighted by atomic mass is 10.0. The third-order valence-corrected chi connectivity index (χ3v) is 5.04. The second-order valence-corrected chi connectivity index (χ2v) is 6.87. The zero-order chi connectivity index (χ0) is 18.6. The van der Waals surface area contributed by atoms with E-state index in [4.69, 9.17) is 33.2 Å². The van der Waals surface area contributed by atoms with Crippen molar-refractivity contribution in [3.05, 3.63) is 45.3 Å². The van der Waals surface area contributed by atoms with Crippen LogP contribution in [-0.4, -0.2) is 30.1 Å². The molecule has 2 rings (SSSR count). The first-order chi connectivity index (χ1) is 12.0. The second-order valence-electron chi connectivity index (χ2n) is 6.03. The lowest BCUT2D eigenvalue weighted by Crippen LogP contribution is -2.37. The molecule has 0 aliphatic rings. The SMILES string of the molecule is CCc1nc(C(NC)C(C)NC)c(CC)nc1-c1ccc(Cl)cc1Cl. The van der Waals surface area contributed by atoms with Gasteiger partial charge >= 0.3 is 0 Å². The zero-order valence-electron chi connectivity index (χ0n) is 15.5. The van der Waals surface area contributed by atoms with Crippen LogP contribution < -0.4 is 10.6 Å². The van der Waals surface area contributed by atoms with Crippen molar-refractivity contribution < 1.29 is 0 Å². The van der Waals surface area contributed by atoms with Crippen molar-refractivity contribution >= 4 is 23.2 Å². The van der Waals surface area contributed by atoms with E-state index in [9.17, 15) is 0 Å². The van der Waals surface area contributed by atoms with Crippen LogP contribution in [0.15, 0.2) is 18.2 Å². The first kappa shape index (κ1) is 20.1. The highest BCUT2D eigenvalue weighted by molar-refractivity contribution is 6.36. The molecule has 0 aliphatic heterocycles. The van der Waals surface area contributed by atoms with Crippen LogP contribution in [0, 0.1) is 0 Å². The van der Waals surface area contributed by atoms with E-state index in [1.807, 2.05) is 26.2 Å². The smallest absolute Gasteiger partial charge is 0.0935 e. The van der Waals surface area contributed by atoms with Gasteiger partial charge in [0.1, 0.15) is 0 Å². The predicted molar refractivity (Wildman–Crippen MR) is 107 cm³/mol. The summed E-state index contributed by atoms with van der Waals surface area (Å²) < 4.78 is 0. The number of aryl methyl sites for hydroxylation is 2. The van der Waals surface area contributed by atoms with Crippen LogP contribution in [0.2, 0.25) is 10.0 Å². The number of rotatable bonds is 7. The standard InChI is InChI=1S/C19H26Cl2N4/c1-6-15-18(13-9-8-12(20)10-14(13)21)24-16(7-2)19(25-15)17(23-5)11(3)22-4/h8-11,17,22-23H,6-7H2,1-5H3. The van der Waals surface area contributed by atoms with Crippen molar-refractivity contribution in [2.45, 2.75) is 45.7 Å². The monoisotopic (exact) mass is 380 g/mol. The fourth-order valence-corrected chi connectivity index (χ4v) is 3.46. The van der Waals surface area contributed by atoms with E-state index in [-0.39, 0.29) is 12.1 Å². The fourth-order valence-electron chi connectivity index (χ4n) is 2.96. The van der Waals surface area contributed by atoms with Crippen LogP contribution >= 0.6 is 23.2 Å². The number of likely N-dealkylation sites (N-methyl/N-ethyl adjacent to an activating group) is 2. The highest BCUT2D eigenvalue weighted by Gasteiger charge is 2.24. The van der Waals surface area contributed by atoms with E-state index in [1.54, 1.807) is 6.07 Å². The fraction of sp³-hybridized carbons (Fsp3) is 0.474. The minimum Gasteiger partial charge on any atom is -0.315 e. The highest BCUT2D eigenvalue weighted by Crippen LogP contribution is 2.32. The van der Waals surface area contributed by atoms with Crippen molar-refractivity contribution in [3.8, 4) is 11.3 Å². The molecular formula is C19H26Cl2N4. The molecule has 1 aromatic carbocycles. The molecule has 0 saturated carbocycles. The Balaban J connectivity index is 2.64.